The number of hydrogen-bond acceptors (Lipinski definition) is 5. The smallest absolute Gasteiger partial charge is 0.328 e. The maximum absolute atomic E-state index is 14.2. The van der Waals surface area contributed by atoms with Crippen LogP contribution < -0.4 is 15.0 Å². The van der Waals surface area contributed by atoms with Crippen molar-refractivity contribution in [3.63, 3.8) is 0 Å². The topological polar surface area (TPSA) is 67.6 Å². The maximum Gasteiger partial charge on any atom is 0.328 e. The summed E-state index contributed by atoms with van der Waals surface area (Å²) in [6.07, 6.45) is 1.85. The number of nitrogens with zero attached hydrogens (tertiary/aromatic N) is 2. The van der Waals surface area contributed by atoms with E-state index in [1.165, 1.54) is 12.7 Å². The molecule has 1 N–H and O–H groups in total. The fraction of sp³-hybridized carbons (Fsp3) is 0.368. The van der Waals surface area contributed by atoms with Crippen molar-refractivity contribution in [2.45, 2.75) is 25.4 Å². The first kappa shape index (κ1) is 18.1. The summed E-state index contributed by atoms with van der Waals surface area (Å²) in [5.41, 5.74) is 0.968. The van der Waals surface area contributed by atoms with Crippen LogP contribution in [0.1, 0.15) is 18.4 Å². The molecule has 1 heterocycles. The van der Waals surface area contributed by atoms with Crippen LogP contribution in [0.15, 0.2) is 42.5 Å². The average Bonchev–Trinajstić information content (AvgIpc) is 2.66. The van der Waals surface area contributed by atoms with Crippen molar-refractivity contribution in [2.75, 3.05) is 25.1 Å². The second kappa shape index (κ2) is 8.14. The lowest BCUT2D eigenvalue weighted by Crippen LogP contribution is -2.45. The molecule has 7 heteroatoms. The van der Waals surface area contributed by atoms with Crippen LogP contribution in [0.3, 0.4) is 0 Å². The molecule has 1 fully saturated rings. The molecule has 3 rings (SSSR count). The van der Waals surface area contributed by atoms with Gasteiger partial charge in [0.2, 0.25) is 5.82 Å². The van der Waals surface area contributed by atoms with Crippen LogP contribution in [0.2, 0.25) is 0 Å². The first-order chi connectivity index (χ1) is 12.6. The van der Waals surface area contributed by atoms with Crippen molar-refractivity contribution < 1.29 is 14.1 Å². The van der Waals surface area contributed by atoms with Gasteiger partial charge in [-0.15, -0.1) is 0 Å². The third-order valence-electron chi connectivity index (χ3n) is 4.63. The molecule has 1 aliphatic rings. The number of rotatable bonds is 6. The van der Waals surface area contributed by atoms with E-state index in [-0.39, 0.29) is 17.5 Å². The minimum Gasteiger partial charge on any atom is -0.497 e. The van der Waals surface area contributed by atoms with Crippen molar-refractivity contribution >= 4 is 11.4 Å². The normalized spacial score (nSPS) is 17.2. The van der Waals surface area contributed by atoms with Crippen LogP contribution in [0.4, 0.5) is 15.8 Å². The Morgan fingerprint density at radius 3 is 2.81 bits per heavy atom. The molecule has 1 saturated heterocycles. The minimum atomic E-state index is -0.872. The van der Waals surface area contributed by atoms with Gasteiger partial charge in [0.25, 0.3) is 0 Å². The molecular formula is C19H22FN3O3. The van der Waals surface area contributed by atoms with Crippen molar-refractivity contribution in [2.24, 2.45) is 0 Å². The second-order valence-corrected chi connectivity index (χ2v) is 6.39. The summed E-state index contributed by atoms with van der Waals surface area (Å²) in [6, 6.07) is 12.8. The number of halogens is 1. The fourth-order valence-corrected chi connectivity index (χ4v) is 3.32. The van der Waals surface area contributed by atoms with Gasteiger partial charge in [-0.25, -0.2) is 0 Å². The lowest BCUT2D eigenvalue weighted by Gasteiger charge is -2.34. The number of piperidine rings is 1. The van der Waals surface area contributed by atoms with E-state index in [0.29, 0.717) is 13.1 Å². The van der Waals surface area contributed by atoms with Gasteiger partial charge in [0.15, 0.2) is 0 Å². The second-order valence-electron chi connectivity index (χ2n) is 6.39. The summed E-state index contributed by atoms with van der Waals surface area (Å²) in [6.45, 7) is 1.96. The molecule has 138 valence electrons. The van der Waals surface area contributed by atoms with E-state index in [1.54, 1.807) is 6.07 Å². The third kappa shape index (κ3) is 4.11. The SMILES string of the molecule is COc1cc(F)c([N+](=O)[O-])c(N2CCCC(NCc3ccccc3)C2)c1. The van der Waals surface area contributed by atoms with Crippen LogP contribution in [0.25, 0.3) is 0 Å². The Morgan fingerprint density at radius 2 is 2.12 bits per heavy atom. The quantitative estimate of drug-likeness (QED) is 0.632. The zero-order chi connectivity index (χ0) is 18.5. The fourth-order valence-electron chi connectivity index (χ4n) is 3.32. The molecule has 0 amide bonds. The van der Waals surface area contributed by atoms with E-state index >= 15 is 0 Å². The van der Waals surface area contributed by atoms with E-state index in [2.05, 4.69) is 17.4 Å². The molecule has 0 spiro atoms. The first-order valence-corrected chi connectivity index (χ1v) is 8.62. The zero-order valence-corrected chi connectivity index (χ0v) is 14.7. The number of methoxy groups -OCH3 is 1. The Hall–Kier alpha value is -2.67. The highest BCUT2D eigenvalue weighted by Crippen LogP contribution is 2.36. The summed E-state index contributed by atoms with van der Waals surface area (Å²) in [4.78, 5) is 12.6. The van der Waals surface area contributed by atoms with Gasteiger partial charge in [0.1, 0.15) is 11.4 Å². The molecule has 1 atom stereocenters. The lowest BCUT2D eigenvalue weighted by molar-refractivity contribution is -0.386. The highest BCUT2D eigenvalue weighted by molar-refractivity contribution is 5.67. The molecule has 0 saturated carbocycles. The van der Waals surface area contributed by atoms with Crippen molar-refractivity contribution in [1.29, 1.82) is 0 Å². The Morgan fingerprint density at radius 1 is 1.35 bits per heavy atom. The first-order valence-electron chi connectivity index (χ1n) is 8.62. The van der Waals surface area contributed by atoms with Crippen molar-refractivity contribution in [3.05, 3.63) is 64.0 Å². The van der Waals surface area contributed by atoms with Gasteiger partial charge < -0.3 is 15.0 Å². The zero-order valence-electron chi connectivity index (χ0n) is 14.7. The number of benzene rings is 2. The van der Waals surface area contributed by atoms with Crippen LogP contribution in [0, 0.1) is 15.9 Å². The van der Waals surface area contributed by atoms with E-state index < -0.39 is 16.4 Å². The molecule has 0 radical (unpaired) electrons. The van der Waals surface area contributed by atoms with E-state index in [9.17, 15) is 14.5 Å². The standard InChI is InChI=1S/C19H22FN3O3/c1-26-16-10-17(20)19(23(24)25)18(11-16)22-9-5-8-15(13-22)21-12-14-6-3-2-4-7-14/h2-4,6-7,10-11,15,21H,5,8-9,12-13H2,1H3. The number of nitro groups is 1. The Bertz CT molecular complexity index is 770. The Kier molecular flexibility index (Phi) is 5.68. The van der Waals surface area contributed by atoms with Gasteiger partial charge in [-0.2, -0.15) is 4.39 Å². The summed E-state index contributed by atoms with van der Waals surface area (Å²) >= 11 is 0. The van der Waals surface area contributed by atoms with Crippen molar-refractivity contribution in [1.82, 2.24) is 5.32 Å². The third-order valence-corrected chi connectivity index (χ3v) is 4.63. The Labute approximate surface area is 151 Å². The van der Waals surface area contributed by atoms with Gasteiger partial charge in [0, 0.05) is 37.8 Å². The van der Waals surface area contributed by atoms with Gasteiger partial charge in [-0.05, 0) is 18.4 Å². The molecular weight excluding hydrogens is 337 g/mol. The summed E-state index contributed by atoms with van der Waals surface area (Å²) < 4.78 is 19.3. The van der Waals surface area contributed by atoms with Gasteiger partial charge in [-0.1, -0.05) is 30.3 Å². The number of nitro benzene ring substituents is 1. The molecule has 1 aliphatic heterocycles. The molecule has 1 unspecified atom stereocenters. The van der Waals surface area contributed by atoms with Crippen LogP contribution in [-0.2, 0) is 6.54 Å². The maximum atomic E-state index is 14.2. The number of nitrogens with one attached hydrogen (secondary N) is 1. The molecule has 2 aromatic rings. The van der Waals surface area contributed by atoms with Crippen LogP contribution in [0.5, 0.6) is 5.75 Å². The monoisotopic (exact) mass is 359 g/mol. The number of ether oxygens (including phenoxy) is 1. The number of hydrogen-bond donors (Lipinski definition) is 1. The predicted molar refractivity (Wildman–Crippen MR) is 98.1 cm³/mol. The molecule has 0 aliphatic carbocycles. The average molecular weight is 359 g/mol. The summed E-state index contributed by atoms with van der Waals surface area (Å²) in [5.74, 6) is -0.591. The molecule has 2 aromatic carbocycles. The molecule has 0 bridgehead atoms. The van der Waals surface area contributed by atoms with E-state index in [0.717, 1.165) is 25.5 Å². The molecule has 26 heavy (non-hydrogen) atoms. The largest absolute Gasteiger partial charge is 0.497 e. The predicted octanol–water partition coefficient (Wildman–Crippen LogP) is 3.50. The highest BCUT2D eigenvalue weighted by atomic mass is 19.1. The summed E-state index contributed by atoms with van der Waals surface area (Å²) in [5, 5.41) is 14.9. The molecule has 0 aromatic heterocycles. The highest BCUT2D eigenvalue weighted by Gasteiger charge is 2.29. The van der Waals surface area contributed by atoms with E-state index in [4.69, 9.17) is 4.74 Å². The van der Waals surface area contributed by atoms with Crippen LogP contribution >= 0.6 is 0 Å². The lowest BCUT2D eigenvalue weighted by atomic mass is 10.0. The Balaban J connectivity index is 1.76. The van der Waals surface area contributed by atoms with Gasteiger partial charge in [-0.3, -0.25) is 10.1 Å². The van der Waals surface area contributed by atoms with Crippen LogP contribution in [-0.4, -0.2) is 31.2 Å². The van der Waals surface area contributed by atoms with Crippen molar-refractivity contribution in [3.8, 4) is 5.75 Å². The number of anilines is 1. The molecule has 6 nitrogen and oxygen atoms in total. The van der Waals surface area contributed by atoms with Gasteiger partial charge in [0.05, 0.1) is 12.0 Å². The van der Waals surface area contributed by atoms with E-state index in [1.807, 2.05) is 23.1 Å². The van der Waals surface area contributed by atoms with Gasteiger partial charge >= 0.3 is 5.69 Å². The minimum absolute atomic E-state index is 0.179. The summed E-state index contributed by atoms with van der Waals surface area (Å²) in [7, 11) is 1.42.